The molecule has 2 fully saturated rings. The third kappa shape index (κ3) is 3.46. The molecule has 0 aromatic carbocycles. The lowest BCUT2D eigenvalue weighted by Gasteiger charge is -2.42. The summed E-state index contributed by atoms with van der Waals surface area (Å²) in [6, 6.07) is 2.23. The van der Waals surface area contributed by atoms with Gasteiger partial charge in [-0.05, 0) is 45.4 Å². The number of aromatic nitrogens is 2. The van der Waals surface area contributed by atoms with Crippen LogP contribution in [-0.2, 0) is 4.79 Å². The lowest BCUT2D eigenvalue weighted by molar-refractivity contribution is -0.130. The van der Waals surface area contributed by atoms with Crippen LogP contribution in [0, 0.1) is 30.1 Å². The van der Waals surface area contributed by atoms with Crippen molar-refractivity contribution in [2.75, 3.05) is 5.32 Å². The average Bonchev–Trinajstić information content (AvgIpc) is 2.54. The summed E-state index contributed by atoms with van der Waals surface area (Å²) >= 11 is 6.30. The van der Waals surface area contributed by atoms with Crippen LogP contribution in [0.1, 0.15) is 43.9 Å². The highest BCUT2D eigenvalue weighted by Gasteiger charge is 2.41. The highest BCUT2D eigenvalue weighted by atomic mass is 35.5. The molecule has 0 spiro atoms. The van der Waals surface area contributed by atoms with E-state index in [1.54, 1.807) is 6.92 Å². The monoisotopic (exact) mass is 347 g/mol. The van der Waals surface area contributed by atoms with E-state index in [9.17, 15) is 4.79 Å². The zero-order valence-electron chi connectivity index (χ0n) is 13.9. The minimum Gasteiger partial charge on any atom is -0.353 e. The van der Waals surface area contributed by atoms with E-state index in [2.05, 4.69) is 26.7 Å². The molecule has 2 N–H and O–H groups in total. The zero-order chi connectivity index (χ0) is 17.3. The maximum Gasteiger partial charge on any atom is 0.225 e. The molecule has 7 heteroatoms. The Morgan fingerprint density at radius 3 is 2.96 bits per heavy atom. The van der Waals surface area contributed by atoms with Crippen molar-refractivity contribution in [1.82, 2.24) is 15.3 Å². The van der Waals surface area contributed by atoms with E-state index >= 15 is 0 Å². The number of nitriles is 1. The minimum absolute atomic E-state index is 0.0889. The van der Waals surface area contributed by atoms with Crippen LogP contribution in [0.4, 0.5) is 5.95 Å². The van der Waals surface area contributed by atoms with Crippen LogP contribution in [0.3, 0.4) is 0 Å². The molecule has 6 nitrogen and oxygen atoms in total. The van der Waals surface area contributed by atoms with Gasteiger partial charge in [-0.15, -0.1) is 11.6 Å². The number of anilines is 1. The van der Waals surface area contributed by atoms with Crippen LogP contribution in [0.5, 0.6) is 0 Å². The Hall–Kier alpha value is -1.87. The van der Waals surface area contributed by atoms with Crippen molar-refractivity contribution in [2.45, 2.75) is 57.0 Å². The number of piperidine rings is 1. The first kappa shape index (κ1) is 17.0. The fourth-order valence-electron chi connectivity index (χ4n) is 3.76. The SMILES string of the molecule is Cc1nc(N[C@@H](C)C2CC3CC(Cl)CCC3NC2=O)ncc1C#N. The van der Waals surface area contributed by atoms with Gasteiger partial charge in [0.25, 0.3) is 0 Å². The average molecular weight is 348 g/mol. The Bertz CT molecular complexity index is 673. The lowest BCUT2D eigenvalue weighted by Crippen LogP contribution is -2.55. The van der Waals surface area contributed by atoms with E-state index < -0.39 is 0 Å². The topological polar surface area (TPSA) is 90.7 Å². The van der Waals surface area contributed by atoms with Crippen LogP contribution in [0.15, 0.2) is 6.20 Å². The molecule has 1 aromatic heterocycles. The Morgan fingerprint density at radius 1 is 1.46 bits per heavy atom. The molecule has 1 saturated heterocycles. The number of fused-ring (bicyclic) bond motifs is 1. The third-order valence-electron chi connectivity index (χ3n) is 5.20. The first-order valence-corrected chi connectivity index (χ1v) is 8.86. The van der Waals surface area contributed by atoms with Crippen molar-refractivity contribution >= 4 is 23.5 Å². The second kappa shape index (κ2) is 6.94. The van der Waals surface area contributed by atoms with Gasteiger partial charge in [0.05, 0.1) is 23.4 Å². The first-order valence-electron chi connectivity index (χ1n) is 8.42. The van der Waals surface area contributed by atoms with Crippen molar-refractivity contribution in [3.8, 4) is 6.07 Å². The van der Waals surface area contributed by atoms with E-state index in [4.69, 9.17) is 16.9 Å². The van der Waals surface area contributed by atoms with E-state index in [0.717, 1.165) is 25.7 Å². The van der Waals surface area contributed by atoms with Crippen LogP contribution in [-0.4, -0.2) is 33.3 Å². The number of carbonyl (C=O) groups is 1. The van der Waals surface area contributed by atoms with E-state index in [0.29, 0.717) is 23.1 Å². The Morgan fingerprint density at radius 2 is 2.25 bits per heavy atom. The maximum absolute atomic E-state index is 12.5. The maximum atomic E-state index is 12.5. The zero-order valence-corrected chi connectivity index (χ0v) is 14.7. The van der Waals surface area contributed by atoms with Gasteiger partial charge in [0, 0.05) is 17.5 Å². The van der Waals surface area contributed by atoms with Crippen LogP contribution in [0.25, 0.3) is 0 Å². The Balaban J connectivity index is 1.68. The standard InChI is InChI=1S/C17H22ClN5O/c1-9-12(7-19)8-20-17(21-9)22-10(2)14-6-11-5-13(18)3-4-15(11)23-16(14)24/h8,10-11,13-15H,3-6H2,1-2H3,(H,23,24)(H,20,21,22)/t10-,11?,13?,14?,15?/m0/s1. The molecule has 1 aliphatic carbocycles. The van der Waals surface area contributed by atoms with E-state index in [1.807, 2.05) is 6.92 Å². The largest absolute Gasteiger partial charge is 0.353 e. The van der Waals surface area contributed by atoms with Crippen molar-refractivity contribution < 1.29 is 4.79 Å². The van der Waals surface area contributed by atoms with Crippen molar-refractivity contribution in [3.05, 3.63) is 17.5 Å². The number of hydrogen-bond acceptors (Lipinski definition) is 5. The highest BCUT2D eigenvalue weighted by Crippen LogP contribution is 2.36. The molecule has 1 saturated carbocycles. The first-order chi connectivity index (χ1) is 11.5. The summed E-state index contributed by atoms with van der Waals surface area (Å²) in [7, 11) is 0. The summed E-state index contributed by atoms with van der Waals surface area (Å²) in [6.45, 7) is 3.75. The summed E-state index contributed by atoms with van der Waals surface area (Å²) in [6.07, 6.45) is 5.25. The molecule has 2 heterocycles. The van der Waals surface area contributed by atoms with Gasteiger partial charge in [-0.25, -0.2) is 9.97 Å². The fraction of sp³-hybridized carbons (Fsp3) is 0.647. The minimum atomic E-state index is -0.132. The molecule has 5 atom stereocenters. The number of aryl methyl sites for hydroxylation is 1. The highest BCUT2D eigenvalue weighted by molar-refractivity contribution is 6.20. The van der Waals surface area contributed by atoms with Crippen molar-refractivity contribution in [3.63, 3.8) is 0 Å². The normalized spacial score (nSPS) is 30.7. The van der Waals surface area contributed by atoms with Gasteiger partial charge < -0.3 is 10.6 Å². The third-order valence-corrected chi connectivity index (χ3v) is 5.60. The number of carbonyl (C=O) groups excluding carboxylic acids is 1. The summed E-state index contributed by atoms with van der Waals surface area (Å²) in [5.41, 5.74) is 1.09. The Labute approximate surface area is 147 Å². The number of hydrogen-bond donors (Lipinski definition) is 2. The smallest absolute Gasteiger partial charge is 0.225 e. The molecule has 1 aromatic rings. The van der Waals surface area contributed by atoms with Gasteiger partial charge in [-0.1, -0.05) is 0 Å². The number of alkyl halides is 1. The molecule has 24 heavy (non-hydrogen) atoms. The van der Waals surface area contributed by atoms with Crippen LogP contribution < -0.4 is 10.6 Å². The molecule has 4 unspecified atom stereocenters. The van der Waals surface area contributed by atoms with Gasteiger partial charge in [-0.3, -0.25) is 4.79 Å². The molecule has 3 rings (SSSR count). The summed E-state index contributed by atoms with van der Waals surface area (Å²) < 4.78 is 0. The lowest BCUT2D eigenvalue weighted by atomic mass is 9.74. The molecule has 1 aliphatic heterocycles. The van der Waals surface area contributed by atoms with Gasteiger partial charge in [-0.2, -0.15) is 5.26 Å². The second-order valence-electron chi connectivity index (χ2n) is 6.87. The Kier molecular flexibility index (Phi) is 4.91. The number of nitrogens with one attached hydrogen (secondary N) is 2. The number of nitrogens with zero attached hydrogens (tertiary/aromatic N) is 3. The quantitative estimate of drug-likeness (QED) is 0.819. The van der Waals surface area contributed by atoms with Gasteiger partial charge in [0.2, 0.25) is 11.9 Å². The summed E-state index contributed by atoms with van der Waals surface area (Å²) in [4.78, 5) is 20.9. The fourth-order valence-corrected chi connectivity index (χ4v) is 4.12. The second-order valence-corrected chi connectivity index (χ2v) is 7.48. The van der Waals surface area contributed by atoms with Gasteiger partial charge >= 0.3 is 0 Å². The number of halogens is 1. The molecular weight excluding hydrogens is 326 g/mol. The number of amides is 1. The van der Waals surface area contributed by atoms with Crippen molar-refractivity contribution in [2.24, 2.45) is 11.8 Å². The molecule has 0 bridgehead atoms. The van der Waals surface area contributed by atoms with E-state index in [1.165, 1.54) is 6.20 Å². The predicted octanol–water partition coefficient (Wildman–Crippen LogP) is 2.37. The van der Waals surface area contributed by atoms with E-state index in [-0.39, 0.29) is 29.3 Å². The molecule has 0 radical (unpaired) electrons. The van der Waals surface area contributed by atoms with Crippen molar-refractivity contribution in [1.29, 1.82) is 5.26 Å². The molecular formula is C17H22ClN5O. The summed E-state index contributed by atoms with van der Waals surface area (Å²) in [5, 5.41) is 15.5. The van der Waals surface area contributed by atoms with Crippen LogP contribution in [0.2, 0.25) is 0 Å². The summed E-state index contributed by atoms with van der Waals surface area (Å²) in [5.74, 6) is 0.854. The predicted molar refractivity (Wildman–Crippen MR) is 91.6 cm³/mol. The molecule has 2 aliphatic rings. The van der Waals surface area contributed by atoms with Gasteiger partial charge in [0.1, 0.15) is 6.07 Å². The number of rotatable bonds is 3. The molecule has 1 amide bonds. The molecule has 128 valence electrons. The van der Waals surface area contributed by atoms with Crippen LogP contribution >= 0.6 is 11.6 Å². The van der Waals surface area contributed by atoms with Gasteiger partial charge in [0.15, 0.2) is 0 Å².